The van der Waals surface area contributed by atoms with Gasteiger partial charge in [-0.25, -0.2) is 4.98 Å². The summed E-state index contributed by atoms with van der Waals surface area (Å²) in [7, 11) is 0. The number of alkyl halides is 2. The normalized spacial score (nSPS) is 14.0. The molecule has 0 unspecified atom stereocenters. The highest BCUT2D eigenvalue weighted by Crippen LogP contribution is 2.44. The molecule has 3 aromatic rings. The van der Waals surface area contributed by atoms with E-state index in [9.17, 15) is 13.6 Å². The highest BCUT2D eigenvalue weighted by Gasteiger charge is 2.43. The second kappa shape index (κ2) is 6.60. The second-order valence-electron chi connectivity index (χ2n) is 6.48. The Hall–Kier alpha value is -3.48. The Kier molecular flexibility index (Phi) is 4.22. The first-order valence-electron chi connectivity index (χ1n) is 8.56. The van der Waals surface area contributed by atoms with Crippen LogP contribution in [0.2, 0.25) is 0 Å². The molecule has 0 saturated heterocycles. The predicted molar refractivity (Wildman–Crippen MR) is 99.7 cm³/mol. The van der Waals surface area contributed by atoms with Gasteiger partial charge in [0.25, 0.3) is 5.91 Å². The van der Waals surface area contributed by atoms with Crippen LogP contribution in [0.5, 0.6) is 11.5 Å². The number of nitrogens with zero attached hydrogens (tertiary/aromatic N) is 1. The fourth-order valence-electron chi connectivity index (χ4n) is 3.05. The number of hydrogen-bond acceptors (Lipinski definition) is 4. The zero-order valence-electron chi connectivity index (χ0n) is 15.1. The number of fused-ring (bicyclic) bond motifs is 1. The Balaban J connectivity index is 1.56. The van der Waals surface area contributed by atoms with Gasteiger partial charge >= 0.3 is 6.29 Å². The molecule has 1 aromatic heterocycles. The molecular formula is C21H16F2N2O3. The number of halogens is 2. The third-order valence-corrected chi connectivity index (χ3v) is 4.45. The predicted octanol–water partition coefficient (Wildman–Crippen LogP) is 4.94. The minimum atomic E-state index is -3.66. The van der Waals surface area contributed by atoms with E-state index < -0.39 is 6.29 Å². The van der Waals surface area contributed by atoms with Crippen molar-refractivity contribution in [2.45, 2.75) is 20.1 Å². The Morgan fingerprint density at radius 3 is 2.39 bits per heavy atom. The minimum Gasteiger partial charge on any atom is -0.395 e. The summed E-state index contributed by atoms with van der Waals surface area (Å²) in [6, 6.07) is 13.7. The van der Waals surface area contributed by atoms with E-state index in [2.05, 4.69) is 19.8 Å². The average Bonchev–Trinajstić information content (AvgIpc) is 2.95. The standard InChI is InChI=1S/C21H16F2N2O3/c1-12-5-3-4-6-15(12)20(26)25-19-8-7-14(11-24-19)16-10-18-17(9-13(16)2)27-21(22,23)28-18/h3-11H,1-2H3,(H,24,25,26). The first-order chi connectivity index (χ1) is 13.3. The molecule has 0 spiro atoms. The van der Waals surface area contributed by atoms with Gasteiger partial charge in [0.2, 0.25) is 0 Å². The molecule has 1 aliphatic heterocycles. The highest BCUT2D eigenvalue weighted by molar-refractivity contribution is 6.04. The fraction of sp³-hybridized carbons (Fsp3) is 0.143. The van der Waals surface area contributed by atoms with Crippen molar-refractivity contribution in [3.8, 4) is 22.6 Å². The van der Waals surface area contributed by atoms with E-state index in [0.717, 1.165) is 11.1 Å². The maximum atomic E-state index is 13.2. The molecule has 0 fully saturated rings. The fourth-order valence-corrected chi connectivity index (χ4v) is 3.05. The Labute approximate surface area is 159 Å². The average molecular weight is 382 g/mol. The number of aromatic nitrogens is 1. The van der Waals surface area contributed by atoms with Crippen LogP contribution in [0, 0.1) is 13.8 Å². The van der Waals surface area contributed by atoms with Crippen molar-refractivity contribution in [2.75, 3.05) is 5.32 Å². The van der Waals surface area contributed by atoms with E-state index in [1.165, 1.54) is 12.1 Å². The first-order valence-corrected chi connectivity index (χ1v) is 8.56. The van der Waals surface area contributed by atoms with Crippen LogP contribution in [-0.4, -0.2) is 17.2 Å². The molecule has 142 valence electrons. The quantitative estimate of drug-likeness (QED) is 0.697. The number of benzene rings is 2. The summed E-state index contributed by atoms with van der Waals surface area (Å²) in [5.41, 5.74) is 3.56. The summed E-state index contributed by atoms with van der Waals surface area (Å²) in [5, 5.41) is 2.75. The van der Waals surface area contributed by atoms with Gasteiger partial charge in [-0.1, -0.05) is 18.2 Å². The Morgan fingerprint density at radius 1 is 1.00 bits per heavy atom. The molecule has 28 heavy (non-hydrogen) atoms. The van der Waals surface area contributed by atoms with Crippen LogP contribution in [-0.2, 0) is 0 Å². The molecule has 1 N–H and O–H groups in total. The van der Waals surface area contributed by atoms with Crippen molar-refractivity contribution >= 4 is 11.7 Å². The largest absolute Gasteiger partial charge is 0.586 e. The van der Waals surface area contributed by atoms with Crippen LogP contribution in [0.15, 0.2) is 54.7 Å². The summed E-state index contributed by atoms with van der Waals surface area (Å²) >= 11 is 0. The van der Waals surface area contributed by atoms with Crippen molar-refractivity contribution < 1.29 is 23.0 Å². The van der Waals surface area contributed by atoms with Gasteiger partial charge < -0.3 is 14.8 Å². The van der Waals surface area contributed by atoms with Crippen molar-refractivity contribution in [3.63, 3.8) is 0 Å². The van der Waals surface area contributed by atoms with Crippen LogP contribution in [0.1, 0.15) is 21.5 Å². The van der Waals surface area contributed by atoms with Gasteiger partial charge in [-0.2, -0.15) is 0 Å². The minimum absolute atomic E-state index is 0.00123. The number of hydrogen-bond donors (Lipinski definition) is 1. The monoisotopic (exact) mass is 382 g/mol. The number of ether oxygens (including phenoxy) is 2. The van der Waals surface area contributed by atoms with E-state index in [0.29, 0.717) is 22.5 Å². The number of carbonyl (C=O) groups excluding carboxylic acids is 1. The molecule has 4 rings (SSSR count). The summed E-state index contributed by atoms with van der Waals surface area (Å²) in [6.45, 7) is 3.64. The Morgan fingerprint density at radius 2 is 1.71 bits per heavy atom. The summed E-state index contributed by atoms with van der Waals surface area (Å²) in [6.07, 6.45) is -2.09. The van der Waals surface area contributed by atoms with Gasteiger partial charge in [0.15, 0.2) is 11.5 Å². The maximum absolute atomic E-state index is 13.2. The number of anilines is 1. The van der Waals surface area contributed by atoms with E-state index in [4.69, 9.17) is 0 Å². The summed E-state index contributed by atoms with van der Waals surface area (Å²) in [5.74, 6) is 0.116. The molecule has 5 nitrogen and oxygen atoms in total. The SMILES string of the molecule is Cc1ccccc1C(=O)Nc1ccc(-c2cc3c(cc2C)OC(F)(F)O3)cn1. The first kappa shape index (κ1) is 17.9. The van der Waals surface area contributed by atoms with Crippen molar-refractivity contribution in [2.24, 2.45) is 0 Å². The van der Waals surface area contributed by atoms with Gasteiger partial charge in [0, 0.05) is 17.3 Å². The molecule has 1 amide bonds. The van der Waals surface area contributed by atoms with Gasteiger partial charge in [-0.05, 0) is 60.9 Å². The third kappa shape index (κ3) is 3.38. The molecule has 1 aliphatic rings. The van der Waals surface area contributed by atoms with Gasteiger partial charge in [0.05, 0.1) is 0 Å². The highest BCUT2D eigenvalue weighted by atomic mass is 19.3. The van der Waals surface area contributed by atoms with Gasteiger partial charge in [0.1, 0.15) is 5.82 Å². The molecule has 0 saturated carbocycles. The Bertz CT molecular complexity index is 1070. The van der Waals surface area contributed by atoms with E-state index in [1.807, 2.05) is 19.1 Å². The zero-order chi connectivity index (χ0) is 19.9. The van der Waals surface area contributed by atoms with E-state index >= 15 is 0 Å². The van der Waals surface area contributed by atoms with Crippen molar-refractivity contribution in [1.82, 2.24) is 4.98 Å². The smallest absolute Gasteiger partial charge is 0.395 e. The molecule has 7 heteroatoms. The number of rotatable bonds is 3. The molecular weight excluding hydrogens is 366 g/mol. The van der Waals surface area contributed by atoms with Crippen LogP contribution < -0.4 is 14.8 Å². The lowest BCUT2D eigenvalue weighted by Crippen LogP contribution is -2.25. The van der Waals surface area contributed by atoms with Gasteiger partial charge in [-0.3, -0.25) is 4.79 Å². The lowest BCUT2D eigenvalue weighted by atomic mass is 10.0. The molecule has 2 aromatic carbocycles. The number of pyridine rings is 1. The van der Waals surface area contributed by atoms with Crippen molar-refractivity contribution in [1.29, 1.82) is 0 Å². The molecule has 0 radical (unpaired) electrons. The number of aryl methyl sites for hydroxylation is 2. The van der Waals surface area contributed by atoms with Crippen molar-refractivity contribution in [3.05, 3.63) is 71.4 Å². The second-order valence-corrected chi connectivity index (χ2v) is 6.48. The molecule has 2 heterocycles. The number of nitrogens with one attached hydrogen (secondary N) is 1. The number of amides is 1. The summed E-state index contributed by atoms with van der Waals surface area (Å²) < 4.78 is 35.5. The summed E-state index contributed by atoms with van der Waals surface area (Å²) in [4.78, 5) is 16.6. The molecule has 0 bridgehead atoms. The van der Waals surface area contributed by atoms with Gasteiger partial charge in [-0.15, -0.1) is 8.78 Å². The lowest BCUT2D eigenvalue weighted by molar-refractivity contribution is -0.286. The maximum Gasteiger partial charge on any atom is 0.586 e. The molecule has 0 atom stereocenters. The third-order valence-electron chi connectivity index (χ3n) is 4.45. The van der Waals surface area contributed by atoms with E-state index in [1.54, 1.807) is 37.4 Å². The van der Waals surface area contributed by atoms with Crippen LogP contribution in [0.4, 0.5) is 14.6 Å². The topological polar surface area (TPSA) is 60.5 Å². The van der Waals surface area contributed by atoms with Crippen LogP contribution >= 0.6 is 0 Å². The molecule has 0 aliphatic carbocycles. The van der Waals surface area contributed by atoms with E-state index in [-0.39, 0.29) is 17.4 Å². The van der Waals surface area contributed by atoms with Crippen LogP contribution in [0.3, 0.4) is 0 Å². The van der Waals surface area contributed by atoms with Crippen LogP contribution in [0.25, 0.3) is 11.1 Å². The lowest BCUT2D eigenvalue weighted by Gasteiger charge is -2.09. The zero-order valence-corrected chi connectivity index (χ0v) is 15.1. The number of carbonyl (C=O) groups is 1.